The van der Waals surface area contributed by atoms with Crippen LogP contribution in [0.15, 0.2) is 18.3 Å². The molecular weight excluding hydrogens is 363 g/mol. The van der Waals surface area contributed by atoms with Crippen LogP contribution in [0.25, 0.3) is 10.4 Å². The van der Waals surface area contributed by atoms with Gasteiger partial charge in [0.05, 0.1) is 10.6 Å². The first-order chi connectivity index (χ1) is 12.7. The molecule has 3 N–H and O–H groups in total. The summed E-state index contributed by atoms with van der Waals surface area (Å²) in [5.41, 5.74) is 8.21. The van der Waals surface area contributed by atoms with Gasteiger partial charge in [-0.05, 0) is 37.5 Å². The van der Waals surface area contributed by atoms with Crippen LogP contribution in [0.2, 0.25) is 0 Å². The Kier molecular flexibility index (Phi) is 5.19. The predicted octanol–water partition coefficient (Wildman–Crippen LogP) is 3.29. The molecule has 0 radical (unpaired) electrons. The zero-order valence-electron chi connectivity index (χ0n) is 16.1. The van der Waals surface area contributed by atoms with Crippen LogP contribution in [0.5, 0.6) is 0 Å². The molecule has 1 saturated heterocycles. The van der Waals surface area contributed by atoms with Gasteiger partial charge in [-0.1, -0.05) is 32.1 Å². The normalized spacial score (nSPS) is 17.2. The van der Waals surface area contributed by atoms with Gasteiger partial charge in [-0.15, -0.1) is 0 Å². The number of pyridine rings is 1. The Hall–Kier alpha value is -2.48. The smallest absolute Gasteiger partial charge is 0.324 e. The van der Waals surface area contributed by atoms with Gasteiger partial charge in [0.2, 0.25) is 5.91 Å². The highest BCUT2D eigenvalue weighted by Crippen LogP contribution is 2.34. The van der Waals surface area contributed by atoms with E-state index in [1.807, 2.05) is 13.0 Å². The highest BCUT2D eigenvalue weighted by atomic mass is 32.1. The monoisotopic (exact) mass is 388 g/mol. The number of hydrogen-bond donors (Lipinski definition) is 2. The van der Waals surface area contributed by atoms with Gasteiger partial charge in [0.15, 0.2) is 5.13 Å². The third-order valence-electron chi connectivity index (χ3n) is 4.64. The van der Waals surface area contributed by atoms with Gasteiger partial charge in [-0.25, -0.2) is 9.78 Å². The number of carbonyl (C=O) groups excluding carboxylic acids is 2. The van der Waals surface area contributed by atoms with Crippen molar-refractivity contribution in [3.63, 3.8) is 0 Å². The maximum atomic E-state index is 12.5. The standard InChI is InChI=1S/C19H25N5O2S/c1-11-15(12-7-8-21-14(10-12)19(2,3)4)27-17(22-11)23-18(26)24-9-5-6-13(24)16(20)25/h7-8,10,13H,5-6,9H2,1-4H3,(H2,20,25)(H,22,23,26)/t13-/m0/s1/i16+1. The highest BCUT2D eigenvalue weighted by Gasteiger charge is 2.33. The number of primary amides is 1. The van der Waals surface area contributed by atoms with Crippen LogP contribution in [-0.2, 0) is 10.2 Å². The summed E-state index contributed by atoms with van der Waals surface area (Å²) in [6.07, 6.45) is 3.18. The van der Waals surface area contributed by atoms with Crippen molar-refractivity contribution in [1.82, 2.24) is 14.9 Å². The number of nitrogens with one attached hydrogen (secondary N) is 1. The van der Waals surface area contributed by atoms with E-state index in [0.717, 1.165) is 28.2 Å². The van der Waals surface area contributed by atoms with Crippen LogP contribution in [0, 0.1) is 6.92 Å². The van der Waals surface area contributed by atoms with Crippen LogP contribution in [0.3, 0.4) is 0 Å². The lowest BCUT2D eigenvalue weighted by Crippen LogP contribution is -2.45. The van der Waals surface area contributed by atoms with Crippen LogP contribution in [-0.4, -0.2) is 39.4 Å². The Morgan fingerprint density at radius 1 is 1.37 bits per heavy atom. The van der Waals surface area contributed by atoms with Crippen molar-refractivity contribution in [2.24, 2.45) is 5.73 Å². The molecule has 27 heavy (non-hydrogen) atoms. The number of amides is 3. The van der Waals surface area contributed by atoms with Crippen molar-refractivity contribution >= 4 is 28.4 Å². The fraction of sp³-hybridized carbons (Fsp3) is 0.474. The molecule has 2 aromatic heterocycles. The predicted molar refractivity (Wildman–Crippen MR) is 107 cm³/mol. The number of aryl methyl sites for hydroxylation is 1. The Morgan fingerprint density at radius 2 is 2.11 bits per heavy atom. The van der Waals surface area contributed by atoms with Crippen molar-refractivity contribution in [1.29, 1.82) is 0 Å². The highest BCUT2D eigenvalue weighted by molar-refractivity contribution is 7.19. The quantitative estimate of drug-likeness (QED) is 0.788. The zero-order valence-corrected chi connectivity index (χ0v) is 16.9. The first-order valence-electron chi connectivity index (χ1n) is 8.98. The molecular formula is C19H25N5O2S. The van der Waals surface area contributed by atoms with E-state index in [2.05, 4.69) is 42.1 Å². The number of likely N-dealkylation sites (tertiary alicyclic amines) is 1. The summed E-state index contributed by atoms with van der Waals surface area (Å²) < 4.78 is 0. The van der Waals surface area contributed by atoms with E-state index in [4.69, 9.17) is 5.73 Å². The Balaban J connectivity index is 1.81. The van der Waals surface area contributed by atoms with E-state index in [1.54, 1.807) is 6.20 Å². The molecule has 3 amide bonds. The molecule has 3 heterocycles. The summed E-state index contributed by atoms with van der Waals surface area (Å²) in [7, 11) is 0. The molecule has 1 atom stereocenters. The average molecular weight is 389 g/mol. The van der Waals surface area contributed by atoms with E-state index in [-0.39, 0.29) is 11.4 Å². The van der Waals surface area contributed by atoms with Gasteiger partial charge < -0.3 is 10.6 Å². The summed E-state index contributed by atoms with van der Waals surface area (Å²) in [5, 5.41) is 3.33. The third kappa shape index (κ3) is 4.10. The molecule has 0 aliphatic carbocycles. The summed E-state index contributed by atoms with van der Waals surface area (Å²) in [5.74, 6) is -0.467. The molecule has 1 aliphatic rings. The lowest BCUT2D eigenvalue weighted by atomic mass is 9.90. The molecule has 3 rings (SSSR count). The topological polar surface area (TPSA) is 101 Å². The van der Waals surface area contributed by atoms with Crippen LogP contribution < -0.4 is 11.1 Å². The maximum Gasteiger partial charge on any atom is 0.324 e. The minimum atomic E-state index is -0.542. The number of nitrogens with two attached hydrogens (primary N) is 1. The zero-order chi connectivity index (χ0) is 19.8. The average Bonchev–Trinajstić information content (AvgIpc) is 3.21. The number of thiazole rings is 1. The summed E-state index contributed by atoms with van der Waals surface area (Å²) in [6, 6.07) is 3.14. The first kappa shape index (κ1) is 19.3. The number of nitrogens with zero attached hydrogens (tertiary/aromatic N) is 3. The van der Waals surface area contributed by atoms with Crippen molar-refractivity contribution in [2.75, 3.05) is 11.9 Å². The van der Waals surface area contributed by atoms with Gasteiger partial charge in [0, 0.05) is 23.9 Å². The largest absolute Gasteiger partial charge is 0.368 e. The molecule has 2 aromatic rings. The van der Waals surface area contributed by atoms with Crippen LogP contribution in [0.1, 0.15) is 45.0 Å². The SMILES string of the molecule is Cc1nc(NC(=O)N2CCC[C@H]2[13C](N)=O)sc1-c1ccnc(C(C)(C)C)c1. The van der Waals surface area contributed by atoms with Crippen molar-refractivity contribution in [3.05, 3.63) is 29.7 Å². The Morgan fingerprint density at radius 3 is 2.78 bits per heavy atom. The summed E-state index contributed by atoms with van der Waals surface area (Å²) in [6.45, 7) is 8.80. The lowest BCUT2D eigenvalue weighted by Gasteiger charge is -2.21. The lowest BCUT2D eigenvalue weighted by molar-refractivity contribution is -0.121. The molecule has 0 saturated carbocycles. The molecule has 1 aliphatic heterocycles. The van der Waals surface area contributed by atoms with Crippen LogP contribution >= 0.6 is 11.3 Å². The van der Waals surface area contributed by atoms with Crippen molar-refractivity contribution < 1.29 is 9.59 Å². The van der Waals surface area contributed by atoms with Gasteiger partial charge in [0.25, 0.3) is 0 Å². The Bertz CT molecular complexity index is 871. The molecule has 1 fully saturated rings. The van der Waals surface area contributed by atoms with E-state index < -0.39 is 11.9 Å². The van der Waals surface area contributed by atoms with Crippen LogP contribution in [0.4, 0.5) is 9.93 Å². The minimum absolute atomic E-state index is 0.0504. The summed E-state index contributed by atoms with van der Waals surface area (Å²) in [4.78, 5) is 35.5. The number of anilines is 1. The second kappa shape index (κ2) is 7.26. The molecule has 144 valence electrons. The molecule has 0 bridgehead atoms. The van der Waals surface area contributed by atoms with Crippen molar-refractivity contribution in [3.8, 4) is 10.4 Å². The van der Waals surface area contributed by atoms with E-state index in [0.29, 0.717) is 18.1 Å². The Labute approximate surface area is 163 Å². The molecule has 8 heteroatoms. The number of rotatable bonds is 3. The molecule has 0 aromatic carbocycles. The van der Waals surface area contributed by atoms with E-state index >= 15 is 0 Å². The number of hydrogen-bond acceptors (Lipinski definition) is 5. The third-order valence-corrected chi connectivity index (χ3v) is 5.77. The summed E-state index contributed by atoms with van der Waals surface area (Å²) >= 11 is 1.41. The van der Waals surface area contributed by atoms with Gasteiger partial charge >= 0.3 is 6.03 Å². The first-order valence-corrected chi connectivity index (χ1v) is 9.80. The fourth-order valence-corrected chi connectivity index (χ4v) is 4.12. The van der Waals surface area contributed by atoms with Gasteiger partial charge in [-0.2, -0.15) is 0 Å². The number of carbonyl (C=O) groups is 2. The van der Waals surface area contributed by atoms with Gasteiger partial charge in [0.1, 0.15) is 6.04 Å². The second-order valence-corrected chi connectivity index (χ2v) is 8.80. The van der Waals surface area contributed by atoms with Gasteiger partial charge in [-0.3, -0.25) is 15.1 Å². The van der Waals surface area contributed by atoms with E-state index in [1.165, 1.54) is 16.2 Å². The number of aromatic nitrogens is 2. The van der Waals surface area contributed by atoms with E-state index in [9.17, 15) is 9.59 Å². The molecule has 0 unspecified atom stereocenters. The fourth-order valence-electron chi connectivity index (χ4n) is 3.17. The minimum Gasteiger partial charge on any atom is -0.368 e. The second-order valence-electron chi connectivity index (χ2n) is 7.80. The maximum absolute atomic E-state index is 12.5. The van der Waals surface area contributed by atoms with Crippen molar-refractivity contribution in [2.45, 2.75) is 52.0 Å². The molecule has 0 spiro atoms. The molecule has 7 nitrogen and oxygen atoms in total. The number of urea groups is 1.